The highest BCUT2D eigenvalue weighted by molar-refractivity contribution is 9.10. The van der Waals surface area contributed by atoms with Gasteiger partial charge in [-0.15, -0.1) is 0 Å². The number of hydrogen-bond acceptors (Lipinski definition) is 4. The fourth-order valence-electron chi connectivity index (χ4n) is 1.76. The Bertz CT molecular complexity index is 764. The normalized spacial score (nSPS) is 10.7. The zero-order valence-corrected chi connectivity index (χ0v) is 14.0. The molecular weight excluding hydrogens is 358 g/mol. The van der Waals surface area contributed by atoms with Crippen LogP contribution in [0, 0.1) is 11.3 Å². The number of carbonyl (C=O) groups is 1. The van der Waals surface area contributed by atoms with E-state index in [2.05, 4.69) is 26.5 Å². The zero-order chi connectivity index (χ0) is 16.7. The van der Waals surface area contributed by atoms with Gasteiger partial charge < -0.3 is 4.74 Å². The first kappa shape index (κ1) is 16.7. The summed E-state index contributed by atoms with van der Waals surface area (Å²) in [5.74, 6) is -0.0204. The van der Waals surface area contributed by atoms with Crippen molar-refractivity contribution in [3.63, 3.8) is 0 Å². The second-order valence-corrected chi connectivity index (χ2v) is 5.55. The molecule has 0 heterocycles. The van der Waals surface area contributed by atoms with Gasteiger partial charge in [0.2, 0.25) is 0 Å². The van der Waals surface area contributed by atoms with Gasteiger partial charge in [0, 0.05) is 4.47 Å². The van der Waals surface area contributed by atoms with Gasteiger partial charge in [0.05, 0.1) is 11.3 Å². The van der Waals surface area contributed by atoms with E-state index in [9.17, 15) is 4.79 Å². The van der Waals surface area contributed by atoms with Crippen molar-refractivity contribution in [2.75, 3.05) is 6.61 Å². The minimum absolute atomic E-state index is 0.212. The average Bonchev–Trinajstić information content (AvgIpc) is 2.58. The van der Waals surface area contributed by atoms with Gasteiger partial charge in [0.25, 0.3) is 5.91 Å². The number of para-hydroxylation sites is 1. The number of ether oxygens (including phenoxy) is 1. The Labute approximate surface area is 142 Å². The number of amides is 1. The topological polar surface area (TPSA) is 74.5 Å². The molecule has 2 aromatic rings. The van der Waals surface area contributed by atoms with Crippen LogP contribution in [-0.4, -0.2) is 18.2 Å². The van der Waals surface area contributed by atoms with Gasteiger partial charge in [-0.1, -0.05) is 40.2 Å². The van der Waals surface area contributed by atoms with E-state index in [4.69, 9.17) is 10.00 Å². The molecule has 5 nitrogen and oxygen atoms in total. The number of hydrazone groups is 1. The fraction of sp³-hybridized carbons (Fsp3) is 0.118. The molecule has 116 valence electrons. The first-order valence-corrected chi connectivity index (χ1v) is 7.60. The van der Waals surface area contributed by atoms with Crippen LogP contribution in [0.4, 0.5) is 0 Å². The molecular formula is C17H14BrN3O2. The van der Waals surface area contributed by atoms with Crippen LogP contribution in [0.25, 0.3) is 0 Å². The van der Waals surface area contributed by atoms with Crippen molar-refractivity contribution in [1.29, 1.82) is 5.26 Å². The summed E-state index contributed by atoms with van der Waals surface area (Å²) in [5.41, 5.74) is 4.41. The smallest absolute Gasteiger partial charge is 0.277 e. The minimum Gasteiger partial charge on any atom is -0.482 e. The fourth-order valence-corrected chi connectivity index (χ4v) is 2.03. The summed E-state index contributed by atoms with van der Waals surface area (Å²) in [4.78, 5) is 11.8. The minimum atomic E-state index is -0.394. The molecule has 6 heteroatoms. The SMILES string of the molecule is C/C(=N/NC(=O)COc1ccccc1C#N)c1ccc(Br)cc1. The Morgan fingerprint density at radius 2 is 1.96 bits per heavy atom. The lowest BCUT2D eigenvalue weighted by atomic mass is 10.1. The zero-order valence-electron chi connectivity index (χ0n) is 12.4. The van der Waals surface area contributed by atoms with Crippen molar-refractivity contribution in [3.8, 4) is 11.8 Å². The van der Waals surface area contributed by atoms with E-state index in [-0.39, 0.29) is 6.61 Å². The summed E-state index contributed by atoms with van der Waals surface area (Å²) in [7, 11) is 0. The van der Waals surface area contributed by atoms with E-state index in [0.717, 1.165) is 10.0 Å². The van der Waals surface area contributed by atoms with Crippen molar-refractivity contribution in [2.24, 2.45) is 5.10 Å². The molecule has 0 aromatic heterocycles. The number of nitrogens with zero attached hydrogens (tertiary/aromatic N) is 2. The van der Waals surface area contributed by atoms with Crippen LogP contribution in [0.1, 0.15) is 18.1 Å². The maximum atomic E-state index is 11.8. The first-order chi connectivity index (χ1) is 11.1. The van der Waals surface area contributed by atoms with Crippen LogP contribution in [-0.2, 0) is 4.79 Å². The monoisotopic (exact) mass is 371 g/mol. The van der Waals surface area contributed by atoms with Gasteiger partial charge in [0.1, 0.15) is 11.8 Å². The second-order valence-electron chi connectivity index (χ2n) is 4.64. The van der Waals surface area contributed by atoms with Crippen LogP contribution in [0.2, 0.25) is 0 Å². The molecule has 0 fully saturated rings. The van der Waals surface area contributed by atoms with Crippen LogP contribution in [0.3, 0.4) is 0 Å². The van der Waals surface area contributed by atoms with E-state index in [1.807, 2.05) is 30.3 Å². The number of nitrogens with one attached hydrogen (secondary N) is 1. The molecule has 0 aliphatic carbocycles. The highest BCUT2D eigenvalue weighted by Crippen LogP contribution is 2.16. The summed E-state index contributed by atoms with van der Waals surface area (Å²) in [5, 5.41) is 13.0. The van der Waals surface area contributed by atoms with Crippen LogP contribution < -0.4 is 10.2 Å². The Morgan fingerprint density at radius 3 is 2.65 bits per heavy atom. The highest BCUT2D eigenvalue weighted by atomic mass is 79.9. The van der Waals surface area contributed by atoms with Crippen molar-refractivity contribution >= 4 is 27.5 Å². The average molecular weight is 372 g/mol. The molecule has 0 saturated heterocycles. The Morgan fingerprint density at radius 1 is 1.26 bits per heavy atom. The Balaban J connectivity index is 1.91. The molecule has 0 spiro atoms. The lowest BCUT2D eigenvalue weighted by molar-refractivity contribution is -0.123. The van der Waals surface area contributed by atoms with Crippen molar-refractivity contribution in [1.82, 2.24) is 5.43 Å². The maximum Gasteiger partial charge on any atom is 0.277 e. The van der Waals surface area contributed by atoms with Crippen molar-refractivity contribution in [2.45, 2.75) is 6.92 Å². The Hall–Kier alpha value is -2.65. The number of halogens is 1. The molecule has 0 saturated carbocycles. The number of benzene rings is 2. The number of hydrogen-bond donors (Lipinski definition) is 1. The molecule has 0 aliphatic rings. The Kier molecular flexibility index (Phi) is 5.89. The summed E-state index contributed by atoms with van der Waals surface area (Å²) in [6.07, 6.45) is 0. The first-order valence-electron chi connectivity index (χ1n) is 6.81. The van der Waals surface area contributed by atoms with Crippen LogP contribution in [0.15, 0.2) is 58.1 Å². The summed E-state index contributed by atoms with van der Waals surface area (Å²) >= 11 is 3.36. The van der Waals surface area contributed by atoms with E-state index in [0.29, 0.717) is 17.0 Å². The van der Waals surface area contributed by atoms with Gasteiger partial charge in [-0.05, 0) is 36.8 Å². The van der Waals surface area contributed by atoms with Gasteiger partial charge in [-0.2, -0.15) is 10.4 Å². The van der Waals surface area contributed by atoms with E-state index in [1.165, 1.54) is 0 Å². The quantitative estimate of drug-likeness (QED) is 0.647. The third-order valence-electron chi connectivity index (χ3n) is 2.98. The maximum absolute atomic E-state index is 11.8. The standard InChI is InChI=1S/C17H14BrN3O2/c1-12(13-6-8-15(18)9-7-13)20-21-17(22)11-23-16-5-3-2-4-14(16)10-19/h2-9H,11H2,1H3,(H,21,22)/b20-12-. The highest BCUT2D eigenvalue weighted by Gasteiger charge is 2.06. The van der Waals surface area contributed by atoms with Gasteiger partial charge in [-0.25, -0.2) is 5.43 Å². The number of rotatable bonds is 5. The number of nitriles is 1. The molecule has 2 rings (SSSR count). The van der Waals surface area contributed by atoms with Gasteiger partial charge in [0.15, 0.2) is 6.61 Å². The van der Waals surface area contributed by atoms with Crippen molar-refractivity contribution < 1.29 is 9.53 Å². The summed E-state index contributed by atoms with van der Waals surface area (Å²) in [6, 6.07) is 16.3. The van der Waals surface area contributed by atoms with E-state index in [1.54, 1.807) is 31.2 Å². The third-order valence-corrected chi connectivity index (χ3v) is 3.51. The predicted molar refractivity (Wildman–Crippen MR) is 91.1 cm³/mol. The van der Waals surface area contributed by atoms with Crippen molar-refractivity contribution in [3.05, 3.63) is 64.1 Å². The third kappa shape index (κ3) is 4.94. The lowest BCUT2D eigenvalue weighted by Crippen LogP contribution is -2.25. The molecule has 0 radical (unpaired) electrons. The largest absolute Gasteiger partial charge is 0.482 e. The molecule has 0 unspecified atom stereocenters. The molecule has 1 N–H and O–H groups in total. The second kappa shape index (κ2) is 8.11. The molecule has 1 amide bonds. The molecule has 23 heavy (non-hydrogen) atoms. The summed E-state index contributed by atoms with van der Waals surface area (Å²) in [6.45, 7) is 1.59. The van der Waals surface area contributed by atoms with Gasteiger partial charge >= 0.3 is 0 Å². The van der Waals surface area contributed by atoms with Crippen LogP contribution >= 0.6 is 15.9 Å². The molecule has 2 aromatic carbocycles. The lowest BCUT2D eigenvalue weighted by Gasteiger charge is -2.07. The predicted octanol–water partition coefficient (Wildman–Crippen LogP) is 3.24. The summed E-state index contributed by atoms with van der Waals surface area (Å²) < 4.78 is 6.31. The van der Waals surface area contributed by atoms with Gasteiger partial charge in [-0.3, -0.25) is 4.79 Å². The number of carbonyl (C=O) groups excluding carboxylic acids is 1. The molecule has 0 atom stereocenters. The van der Waals surface area contributed by atoms with Crippen LogP contribution in [0.5, 0.6) is 5.75 Å². The van der Waals surface area contributed by atoms with E-state index >= 15 is 0 Å². The molecule has 0 aliphatic heterocycles. The van der Waals surface area contributed by atoms with E-state index < -0.39 is 5.91 Å². The molecule has 0 bridgehead atoms.